The molecule has 0 saturated carbocycles. The molecule has 3 aromatic rings. The van der Waals surface area contributed by atoms with Crippen LogP contribution in [0, 0.1) is 5.82 Å². The Bertz CT molecular complexity index is 1550. The van der Waals surface area contributed by atoms with Gasteiger partial charge in [-0.05, 0) is 66.9 Å². The highest BCUT2D eigenvalue weighted by Crippen LogP contribution is 2.15. The molecule has 49 heavy (non-hydrogen) atoms. The number of aromatic nitrogens is 1. The van der Waals surface area contributed by atoms with E-state index in [2.05, 4.69) is 17.2 Å². The number of sulfonamides is 1. The molecule has 0 bridgehead atoms. The minimum Gasteiger partial charge on any atom is -0.459 e. The van der Waals surface area contributed by atoms with E-state index in [1.165, 1.54) is 119 Å². The molecular weight excluding hydrogens is 645 g/mol. The van der Waals surface area contributed by atoms with Gasteiger partial charge in [0.2, 0.25) is 0 Å². The summed E-state index contributed by atoms with van der Waals surface area (Å²) in [6.45, 7) is 2.52. The van der Waals surface area contributed by atoms with Gasteiger partial charge in [-0.1, -0.05) is 96.1 Å². The monoisotopic (exact) mass is 695 g/mol. The Morgan fingerprint density at radius 2 is 1.29 bits per heavy atom. The van der Waals surface area contributed by atoms with Crippen molar-refractivity contribution >= 4 is 27.8 Å². The van der Waals surface area contributed by atoms with Gasteiger partial charge in [0.15, 0.2) is 0 Å². The number of amides is 2. The van der Waals surface area contributed by atoms with Crippen LogP contribution in [0.25, 0.3) is 0 Å². The molecule has 3 rings (SSSR count). The minimum atomic E-state index is -4.22. The molecule has 11 heteroatoms. The van der Waals surface area contributed by atoms with Gasteiger partial charge in [0, 0.05) is 24.7 Å². The molecule has 266 valence electrons. The number of ether oxygens (including phenoxy) is 1. The highest BCUT2D eigenvalue weighted by atomic mass is 32.2. The van der Waals surface area contributed by atoms with Crippen LogP contribution in [0.4, 0.5) is 4.39 Å². The highest BCUT2D eigenvalue weighted by molar-refractivity contribution is 7.90. The van der Waals surface area contributed by atoms with Gasteiger partial charge >= 0.3 is 5.97 Å². The zero-order valence-corrected chi connectivity index (χ0v) is 29.4. The molecule has 2 aromatic carbocycles. The van der Waals surface area contributed by atoms with Crippen LogP contribution >= 0.6 is 0 Å². The molecule has 0 spiro atoms. The van der Waals surface area contributed by atoms with Gasteiger partial charge in [0.1, 0.15) is 12.4 Å². The fourth-order valence-corrected chi connectivity index (χ4v) is 6.23. The molecule has 9 nitrogen and oxygen atoms in total. The lowest BCUT2D eigenvalue weighted by Crippen LogP contribution is -2.31. The Balaban J connectivity index is 1.30. The molecule has 0 saturated heterocycles. The van der Waals surface area contributed by atoms with Gasteiger partial charge < -0.3 is 10.1 Å². The largest absolute Gasteiger partial charge is 0.459 e. The zero-order chi connectivity index (χ0) is 35.3. The van der Waals surface area contributed by atoms with Crippen LogP contribution in [0.1, 0.15) is 129 Å². The highest BCUT2D eigenvalue weighted by Gasteiger charge is 2.20. The minimum absolute atomic E-state index is 0.0165. The number of benzene rings is 2. The van der Waals surface area contributed by atoms with Crippen molar-refractivity contribution < 1.29 is 31.9 Å². The van der Waals surface area contributed by atoms with Crippen LogP contribution in [0.3, 0.4) is 0 Å². The lowest BCUT2D eigenvalue weighted by atomic mass is 10.0. The van der Waals surface area contributed by atoms with Crippen LogP contribution in [0.15, 0.2) is 71.8 Å². The second-order valence-electron chi connectivity index (χ2n) is 12.3. The molecular formula is C38H50FN3O6S. The molecule has 0 aliphatic heterocycles. The molecule has 0 radical (unpaired) electrons. The van der Waals surface area contributed by atoms with E-state index in [-0.39, 0.29) is 34.4 Å². The molecule has 1 heterocycles. The summed E-state index contributed by atoms with van der Waals surface area (Å²) in [6, 6.07) is 14.1. The number of carbonyl (C=O) groups excluding carboxylic acids is 3. The van der Waals surface area contributed by atoms with E-state index in [9.17, 15) is 27.2 Å². The summed E-state index contributed by atoms with van der Waals surface area (Å²) in [7, 11) is -4.22. The molecule has 0 aliphatic carbocycles. The first-order valence-corrected chi connectivity index (χ1v) is 19.0. The van der Waals surface area contributed by atoms with Crippen LogP contribution < -0.4 is 10.0 Å². The van der Waals surface area contributed by atoms with Crippen molar-refractivity contribution in [3.63, 3.8) is 0 Å². The topological polar surface area (TPSA) is 132 Å². The number of unbranched alkanes of at least 4 members (excludes halogenated alkanes) is 12. The summed E-state index contributed by atoms with van der Waals surface area (Å²) in [4.78, 5) is 41.2. The molecule has 0 fully saturated rings. The van der Waals surface area contributed by atoms with Crippen molar-refractivity contribution in [2.75, 3.05) is 6.54 Å². The van der Waals surface area contributed by atoms with Crippen LogP contribution in [0.2, 0.25) is 0 Å². The maximum absolute atomic E-state index is 13.0. The summed E-state index contributed by atoms with van der Waals surface area (Å²) in [5.74, 6) is -1.91. The van der Waals surface area contributed by atoms with E-state index in [4.69, 9.17) is 4.74 Å². The second-order valence-corrected chi connectivity index (χ2v) is 14.0. The van der Waals surface area contributed by atoms with Crippen LogP contribution in [-0.4, -0.2) is 37.7 Å². The van der Waals surface area contributed by atoms with Crippen LogP contribution in [0.5, 0.6) is 0 Å². The smallest absolute Gasteiger partial charge is 0.306 e. The average molecular weight is 696 g/mol. The SMILES string of the molecule is CCCCCCCCCCCCCCCC(=O)OCc1ccc(C(=O)NS(=O)(=O)c2ccc(C(=O)NCCc3ccc(F)cc3)cc2)cn1. The lowest BCUT2D eigenvalue weighted by Gasteiger charge is -2.09. The van der Waals surface area contributed by atoms with Crippen molar-refractivity contribution in [3.8, 4) is 0 Å². The summed E-state index contributed by atoms with van der Waals surface area (Å²) in [6.07, 6.45) is 18.1. The summed E-state index contributed by atoms with van der Waals surface area (Å²) >= 11 is 0. The van der Waals surface area contributed by atoms with Gasteiger partial charge in [-0.2, -0.15) is 0 Å². The second kappa shape index (κ2) is 21.8. The molecule has 1 aromatic heterocycles. The number of halogens is 1. The Hall–Kier alpha value is -4.12. The third kappa shape index (κ3) is 15.3. The van der Waals surface area contributed by atoms with Crippen molar-refractivity contribution in [1.82, 2.24) is 15.0 Å². The van der Waals surface area contributed by atoms with E-state index in [0.717, 1.165) is 24.8 Å². The van der Waals surface area contributed by atoms with Gasteiger partial charge in [-0.25, -0.2) is 17.5 Å². The summed E-state index contributed by atoms with van der Waals surface area (Å²) in [5, 5.41) is 2.73. The van der Waals surface area contributed by atoms with Crippen molar-refractivity contribution in [3.05, 3.63) is 95.1 Å². The first kappa shape index (κ1) is 39.3. The lowest BCUT2D eigenvalue weighted by molar-refractivity contribution is -0.145. The van der Waals surface area contributed by atoms with Crippen molar-refractivity contribution in [2.45, 2.75) is 115 Å². The number of esters is 1. The zero-order valence-electron chi connectivity index (χ0n) is 28.6. The Morgan fingerprint density at radius 1 is 0.714 bits per heavy atom. The Morgan fingerprint density at radius 3 is 1.86 bits per heavy atom. The molecule has 2 N–H and O–H groups in total. The number of rotatable bonds is 23. The number of hydrogen-bond donors (Lipinski definition) is 2. The summed E-state index contributed by atoms with van der Waals surface area (Å²) < 4.78 is 45.9. The standard InChI is InChI=1S/C38H50FN3O6S/c1-2-3-4-5-6-7-8-9-10-11-12-13-14-15-36(43)48-29-34-23-18-32(28-41-34)38(45)42-49(46,47)35-24-19-31(20-25-35)37(44)40-27-26-30-16-21-33(39)22-17-30/h16-25,28H,2-15,26-27,29H2,1H3,(H,40,44)(H,42,45). The fourth-order valence-electron chi connectivity index (χ4n) is 5.26. The first-order valence-electron chi connectivity index (χ1n) is 17.5. The van der Waals surface area contributed by atoms with Crippen LogP contribution in [-0.2, 0) is 32.6 Å². The van der Waals surface area contributed by atoms with E-state index in [0.29, 0.717) is 25.1 Å². The van der Waals surface area contributed by atoms with E-state index < -0.39 is 21.8 Å². The van der Waals surface area contributed by atoms with Crippen molar-refractivity contribution in [2.24, 2.45) is 0 Å². The van der Waals surface area contributed by atoms with E-state index in [1.54, 1.807) is 12.1 Å². The predicted molar refractivity (Wildman–Crippen MR) is 188 cm³/mol. The maximum Gasteiger partial charge on any atom is 0.306 e. The Kier molecular flexibility index (Phi) is 17.5. The molecule has 0 aliphatic rings. The number of hydrogen-bond acceptors (Lipinski definition) is 7. The number of pyridine rings is 1. The van der Waals surface area contributed by atoms with Gasteiger partial charge in [-0.15, -0.1) is 0 Å². The van der Waals surface area contributed by atoms with Crippen molar-refractivity contribution in [1.29, 1.82) is 0 Å². The molecule has 0 atom stereocenters. The number of nitrogens with zero attached hydrogens (tertiary/aromatic N) is 1. The predicted octanol–water partition coefficient (Wildman–Crippen LogP) is 7.84. The maximum atomic E-state index is 13.0. The molecule has 0 unspecified atom stereocenters. The molecule has 2 amide bonds. The van der Waals surface area contributed by atoms with E-state index in [1.807, 2.05) is 4.72 Å². The van der Waals surface area contributed by atoms with Gasteiger partial charge in [0.05, 0.1) is 16.2 Å². The normalized spacial score (nSPS) is 11.2. The summed E-state index contributed by atoms with van der Waals surface area (Å²) in [5.41, 5.74) is 1.56. The quantitative estimate of drug-likeness (QED) is 0.0763. The fraction of sp³-hybridized carbons (Fsp3) is 0.474. The van der Waals surface area contributed by atoms with Gasteiger partial charge in [-0.3, -0.25) is 19.4 Å². The Labute approximate surface area is 290 Å². The third-order valence-corrected chi connectivity index (χ3v) is 9.57. The number of nitrogens with one attached hydrogen (secondary N) is 2. The average Bonchev–Trinajstić information content (AvgIpc) is 3.10. The number of carbonyl (C=O) groups is 3. The van der Waals surface area contributed by atoms with Gasteiger partial charge in [0.25, 0.3) is 21.8 Å². The third-order valence-electron chi connectivity index (χ3n) is 8.22. The first-order chi connectivity index (χ1) is 23.7. The van der Waals surface area contributed by atoms with E-state index >= 15 is 0 Å².